The minimum atomic E-state index is -0.743. The molecule has 15 heavy (non-hydrogen) atoms. The Labute approximate surface area is 110 Å². The van der Waals surface area contributed by atoms with E-state index >= 15 is 0 Å². The standard InChI is InChI=1S/C13H18P.HI/c1-14(12-7-8-12,13-9-10-13)11-5-3-2-4-6-11;/h2-6,12-13H,7-10H2,1H3;1H/q+1;/p-1. The summed E-state index contributed by atoms with van der Waals surface area (Å²) in [6.07, 6.45) is 6.04. The molecule has 2 heteroatoms. The molecule has 0 heterocycles. The highest BCUT2D eigenvalue weighted by Gasteiger charge is 2.58. The van der Waals surface area contributed by atoms with Gasteiger partial charge in [-0.3, -0.25) is 0 Å². The molecule has 0 amide bonds. The van der Waals surface area contributed by atoms with Crippen LogP contribution < -0.4 is 29.3 Å². The van der Waals surface area contributed by atoms with Gasteiger partial charge < -0.3 is 24.0 Å². The van der Waals surface area contributed by atoms with Gasteiger partial charge in [-0.2, -0.15) is 0 Å². The Bertz CT molecular complexity index is 316. The quantitative estimate of drug-likeness (QED) is 0.551. The van der Waals surface area contributed by atoms with Crippen molar-refractivity contribution in [3.8, 4) is 0 Å². The van der Waals surface area contributed by atoms with Crippen LogP contribution in [0.2, 0.25) is 0 Å². The lowest BCUT2D eigenvalue weighted by Gasteiger charge is -2.22. The maximum Gasteiger partial charge on any atom is 0.0942 e. The molecule has 2 saturated carbocycles. The topological polar surface area (TPSA) is 0 Å². The summed E-state index contributed by atoms with van der Waals surface area (Å²) >= 11 is 0. The largest absolute Gasteiger partial charge is 1.00 e. The Kier molecular flexibility index (Phi) is 3.42. The molecule has 0 spiro atoms. The van der Waals surface area contributed by atoms with Crippen molar-refractivity contribution in [2.45, 2.75) is 37.0 Å². The zero-order valence-electron chi connectivity index (χ0n) is 9.20. The van der Waals surface area contributed by atoms with Gasteiger partial charge in [-0.1, -0.05) is 18.2 Å². The zero-order chi connectivity index (χ0) is 9.60. The van der Waals surface area contributed by atoms with Crippen LogP contribution in [0.15, 0.2) is 30.3 Å². The highest BCUT2D eigenvalue weighted by molar-refractivity contribution is 7.84. The van der Waals surface area contributed by atoms with E-state index < -0.39 is 7.26 Å². The fraction of sp³-hybridized carbons (Fsp3) is 0.538. The van der Waals surface area contributed by atoms with Gasteiger partial charge in [0.25, 0.3) is 0 Å². The van der Waals surface area contributed by atoms with E-state index in [2.05, 4.69) is 37.0 Å². The summed E-state index contributed by atoms with van der Waals surface area (Å²) in [4.78, 5) is 0. The first-order valence-electron chi connectivity index (χ1n) is 5.73. The third-order valence-corrected chi connectivity index (χ3v) is 9.40. The molecule has 2 aliphatic rings. The fourth-order valence-electron chi connectivity index (χ4n) is 2.69. The molecule has 0 saturated heterocycles. The molecule has 82 valence electrons. The SMILES string of the molecule is C[P+](c1ccccc1)(C1CC1)C1CC1.[I-]. The number of rotatable bonds is 3. The molecule has 0 bridgehead atoms. The van der Waals surface area contributed by atoms with Crippen LogP contribution >= 0.6 is 7.26 Å². The second-order valence-electron chi connectivity index (χ2n) is 4.95. The zero-order valence-corrected chi connectivity index (χ0v) is 12.2. The van der Waals surface area contributed by atoms with Gasteiger partial charge in [0.1, 0.15) is 0 Å². The van der Waals surface area contributed by atoms with Crippen molar-refractivity contribution in [2.24, 2.45) is 0 Å². The van der Waals surface area contributed by atoms with Crippen molar-refractivity contribution in [3.05, 3.63) is 30.3 Å². The first-order valence-corrected chi connectivity index (χ1v) is 8.11. The molecule has 1 aromatic rings. The molecule has 0 nitrogen and oxygen atoms in total. The van der Waals surface area contributed by atoms with E-state index in [1.165, 1.54) is 25.7 Å². The molecule has 1 aromatic carbocycles. The van der Waals surface area contributed by atoms with Gasteiger partial charge in [0.15, 0.2) is 0 Å². The Hall–Kier alpha value is 0.380. The van der Waals surface area contributed by atoms with Crippen LogP contribution in [-0.4, -0.2) is 18.0 Å². The number of hydrogen-bond donors (Lipinski definition) is 0. The van der Waals surface area contributed by atoms with E-state index in [1.54, 1.807) is 5.30 Å². The summed E-state index contributed by atoms with van der Waals surface area (Å²) in [6, 6.07) is 11.3. The fourth-order valence-corrected chi connectivity index (χ4v) is 7.39. The van der Waals surface area contributed by atoms with Gasteiger partial charge in [0.05, 0.1) is 30.5 Å². The van der Waals surface area contributed by atoms with E-state index in [0.29, 0.717) is 0 Å². The van der Waals surface area contributed by atoms with Crippen LogP contribution in [0.25, 0.3) is 0 Å². The smallest absolute Gasteiger partial charge is 0.0942 e. The average Bonchev–Trinajstić information content (AvgIpc) is 3.06. The Balaban J connectivity index is 0.000000853. The first kappa shape index (κ1) is 11.9. The highest BCUT2D eigenvalue weighted by atomic mass is 127. The molecule has 0 N–H and O–H groups in total. The molecular formula is C13H18IP. The minimum absolute atomic E-state index is 0. The van der Waals surface area contributed by atoms with E-state index in [4.69, 9.17) is 0 Å². The summed E-state index contributed by atoms with van der Waals surface area (Å²) in [7, 11) is -0.743. The Morgan fingerprint density at radius 2 is 1.40 bits per heavy atom. The second kappa shape index (κ2) is 4.33. The molecule has 2 fully saturated rings. The Morgan fingerprint density at radius 1 is 0.933 bits per heavy atom. The van der Waals surface area contributed by atoms with E-state index in [1.807, 2.05) is 0 Å². The predicted molar refractivity (Wildman–Crippen MR) is 65.0 cm³/mol. The van der Waals surface area contributed by atoms with Gasteiger partial charge in [-0.25, -0.2) is 0 Å². The van der Waals surface area contributed by atoms with E-state index in [-0.39, 0.29) is 24.0 Å². The van der Waals surface area contributed by atoms with Gasteiger partial charge in [0.2, 0.25) is 0 Å². The third-order valence-electron chi connectivity index (χ3n) is 3.92. The molecule has 3 rings (SSSR count). The van der Waals surface area contributed by atoms with Crippen LogP contribution in [-0.2, 0) is 0 Å². The summed E-state index contributed by atoms with van der Waals surface area (Å²) in [5.74, 6) is 0. The first-order chi connectivity index (χ1) is 6.82. The van der Waals surface area contributed by atoms with E-state index in [9.17, 15) is 0 Å². The van der Waals surface area contributed by atoms with Crippen LogP contribution in [0.1, 0.15) is 25.7 Å². The van der Waals surface area contributed by atoms with Gasteiger partial charge in [-0.05, 0) is 37.8 Å². The molecule has 0 unspecified atom stereocenters. The van der Waals surface area contributed by atoms with Gasteiger partial charge in [-0.15, -0.1) is 0 Å². The molecule has 0 radical (unpaired) electrons. The lowest BCUT2D eigenvalue weighted by Crippen LogP contribution is -3.00. The van der Waals surface area contributed by atoms with Crippen LogP contribution in [0.3, 0.4) is 0 Å². The lowest BCUT2D eigenvalue weighted by atomic mass is 10.4. The monoisotopic (exact) mass is 332 g/mol. The normalized spacial score (nSPS) is 20.9. The van der Waals surface area contributed by atoms with Crippen molar-refractivity contribution in [1.29, 1.82) is 0 Å². The molecule has 0 atom stereocenters. The van der Waals surface area contributed by atoms with Crippen LogP contribution in [0.5, 0.6) is 0 Å². The van der Waals surface area contributed by atoms with E-state index in [0.717, 1.165) is 11.3 Å². The number of benzene rings is 1. The molecule has 2 aliphatic carbocycles. The average molecular weight is 332 g/mol. The Morgan fingerprint density at radius 3 is 1.80 bits per heavy atom. The van der Waals surface area contributed by atoms with Crippen molar-refractivity contribution in [1.82, 2.24) is 0 Å². The maximum absolute atomic E-state index is 2.61. The number of halogens is 1. The van der Waals surface area contributed by atoms with Crippen molar-refractivity contribution in [3.63, 3.8) is 0 Å². The maximum atomic E-state index is 2.61. The summed E-state index contributed by atoms with van der Waals surface area (Å²) in [5, 5.41) is 1.70. The minimum Gasteiger partial charge on any atom is -1.00 e. The van der Waals surface area contributed by atoms with Crippen molar-refractivity contribution in [2.75, 3.05) is 6.66 Å². The summed E-state index contributed by atoms with van der Waals surface area (Å²) in [6.45, 7) is 2.61. The van der Waals surface area contributed by atoms with Crippen LogP contribution in [0.4, 0.5) is 0 Å². The van der Waals surface area contributed by atoms with Crippen molar-refractivity contribution < 1.29 is 24.0 Å². The van der Waals surface area contributed by atoms with Crippen molar-refractivity contribution >= 4 is 12.6 Å². The second-order valence-corrected chi connectivity index (χ2v) is 9.22. The predicted octanol–water partition coefficient (Wildman–Crippen LogP) is 0.288. The lowest BCUT2D eigenvalue weighted by molar-refractivity contribution is -0.00000285. The molecule has 0 aliphatic heterocycles. The molecular weight excluding hydrogens is 314 g/mol. The highest BCUT2D eigenvalue weighted by Crippen LogP contribution is 2.75. The summed E-state index contributed by atoms with van der Waals surface area (Å²) < 4.78 is 0. The van der Waals surface area contributed by atoms with Crippen LogP contribution in [0, 0.1) is 0 Å². The summed E-state index contributed by atoms with van der Waals surface area (Å²) in [5.41, 5.74) is 2.19. The molecule has 0 aromatic heterocycles. The third kappa shape index (κ3) is 2.10. The van der Waals surface area contributed by atoms with Gasteiger partial charge in [0, 0.05) is 0 Å². The van der Waals surface area contributed by atoms with Gasteiger partial charge >= 0.3 is 0 Å². The number of hydrogen-bond acceptors (Lipinski definition) is 0.